The Bertz CT molecular complexity index is 600. The number of hydrogen-bond donors (Lipinski definition) is 0. The summed E-state index contributed by atoms with van der Waals surface area (Å²) in [7, 11) is -3.55. The number of carbonyl (C=O) groups is 3. The van der Waals surface area contributed by atoms with E-state index in [0.717, 1.165) is 6.42 Å². The number of rotatable bonds is 16. The predicted octanol–water partition coefficient (Wildman–Crippen LogP) is 4.20. The lowest BCUT2D eigenvalue weighted by molar-refractivity contribution is -0.294. The largest absolute Gasteiger partial charge is 0.698 e. The summed E-state index contributed by atoms with van der Waals surface area (Å²) in [6.07, 6.45) is 5.26. The van der Waals surface area contributed by atoms with Gasteiger partial charge in [0.05, 0.1) is 36.5 Å². The van der Waals surface area contributed by atoms with Crippen molar-refractivity contribution in [1.82, 2.24) is 0 Å². The van der Waals surface area contributed by atoms with Crippen LogP contribution < -0.4 is 0 Å². The first-order valence-electron chi connectivity index (χ1n) is 9.87. The molecular formula is C21H34O8Si. The molecule has 0 aliphatic heterocycles. The molecule has 0 unspecified atom stereocenters. The highest BCUT2D eigenvalue weighted by Crippen LogP contribution is 2.27. The van der Waals surface area contributed by atoms with Crippen LogP contribution in [0.15, 0.2) is 35.5 Å². The van der Waals surface area contributed by atoms with Gasteiger partial charge in [-0.2, -0.15) is 0 Å². The molecule has 170 valence electrons. The zero-order chi connectivity index (χ0) is 23.2. The van der Waals surface area contributed by atoms with Gasteiger partial charge in [0, 0.05) is 18.2 Å². The van der Waals surface area contributed by atoms with Crippen molar-refractivity contribution in [3.8, 4) is 0 Å². The molecule has 0 N–H and O–H groups in total. The second-order valence-electron chi connectivity index (χ2n) is 6.83. The molecule has 0 aliphatic carbocycles. The summed E-state index contributed by atoms with van der Waals surface area (Å²) < 4.78 is 18.0. The van der Waals surface area contributed by atoms with E-state index >= 15 is 0 Å². The van der Waals surface area contributed by atoms with Crippen molar-refractivity contribution in [3.05, 3.63) is 35.5 Å². The average molecular weight is 443 g/mol. The Morgan fingerprint density at radius 1 is 0.667 bits per heavy atom. The minimum Gasteiger partial charge on any atom is -0.487 e. The van der Waals surface area contributed by atoms with Crippen molar-refractivity contribution >= 4 is 26.2 Å². The van der Waals surface area contributed by atoms with Crippen LogP contribution in [0.1, 0.15) is 61.3 Å². The summed E-state index contributed by atoms with van der Waals surface area (Å²) in [5.74, 6) is 0.340. The Morgan fingerprint density at radius 2 is 1.03 bits per heavy atom. The molecule has 0 fully saturated rings. The summed E-state index contributed by atoms with van der Waals surface area (Å²) in [6.45, 7) is 11.8. The van der Waals surface area contributed by atoms with Crippen LogP contribution in [0.25, 0.3) is 0 Å². The Morgan fingerprint density at radius 3 is 1.37 bits per heavy atom. The van der Waals surface area contributed by atoms with Crippen molar-refractivity contribution in [1.29, 1.82) is 0 Å². The average Bonchev–Trinajstić information content (AvgIpc) is 2.55. The lowest BCUT2D eigenvalue weighted by atomic mass is 10.4. The van der Waals surface area contributed by atoms with Crippen molar-refractivity contribution in [2.75, 3.05) is 13.2 Å². The van der Waals surface area contributed by atoms with Gasteiger partial charge in [-0.25, -0.2) is 9.78 Å². The maximum atomic E-state index is 11.5. The van der Waals surface area contributed by atoms with Crippen LogP contribution in [0.4, 0.5) is 0 Å². The first kappa shape index (κ1) is 27.8. The standard InChI is InChI=1S/C21H34O8Si/c1-8-10-25-26-11-9-12-30(27-19(5)13-16(2)22,28-20(6)14-17(3)23)29-21(7)15-18(4)24/h13-15H,8-12H2,1-7H3/b19-13-,20-14+,21-15+. The molecule has 0 saturated heterocycles. The fourth-order valence-corrected chi connectivity index (χ4v) is 5.10. The molecule has 0 aromatic heterocycles. The molecule has 9 heteroatoms. The first-order valence-corrected chi connectivity index (χ1v) is 11.8. The molecule has 8 nitrogen and oxygen atoms in total. The molecule has 0 rings (SSSR count). The summed E-state index contributed by atoms with van der Waals surface area (Å²) in [5, 5.41) is 0. The molecule has 0 aromatic rings. The zero-order valence-electron chi connectivity index (χ0n) is 19.0. The molecule has 0 aliphatic rings. The van der Waals surface area contributed by atoms with E-state index in [1.165, 1.54) is 39.0 Å². The van der Waals surface area contributed by atoms with Crippen LogP contribution >= 0.6 is 0 Å². The van der Waals surface area contributed by atoms with Crippen LogP contribution in [0, 0.1) is 0 Å². The Kier molecular flexibility index (Phi) is 13.6. The summed E-state index contributed by atoms with van der Waals surface area (Å²) in [4.78, 5) is 44.5. The minimum absolute atomic E-state index is 0.196. The number of hydrogen-bond acceptors (Lipinski definition) is 8. The molecule has 0 radical (unpaired) electrons. The summed E-state index contributed by atoms with van der Waals surface area (Å²) in [6, 6.07) is 0.289. The monoisotopic (exact) mass is 442 g/mol. The molecule has 0 spiro atoms. The number of allylic oxidation sites excluding steroid dienone is 6. The predicted molar refractivity (Wildman–Crippen MR) is 114 cm³/mol. The Labute approximate surface area is 180 Å². The van der Waals surface area contributed by atoms with Gasteiger partial charge in [0.2, 0.25) is 0 Å². The normalized spacial score (nSPS) is 13.1. The zero-order valence-corrected chi connectivity index (χ0v) is 20.0. The van der Waals surface area contributed by atoms with Crippen LogP contribution in [0.3, 0.4) is 0 Å². The van der Waals surface area contributed by atoms with E-state index in [2.05, 4.69) is 0 Å². The molecule has 0 heterocycles. The van der Waals surface area contributed by atoms with Gasteiger partial charge >= 0.3 is 8.80 Å². The highest BCUT2D eigenvalue weighted by Gasteiger charge is 2.49. The lowest BCUT2D eigenvalue weighted by Gasteiger charge is -2.31. The number of carbonyl (C=O) groups excluding carboxylic acids is 3. The second kappa shape index (κ2) is 14.7. The molecule has 0 saturated carbocycles. The molecule has 0 amide bonds. The molecular weight excluding hydrogens is 408 g/mol. The van der Waals surface area contributed by atoms with Gasteiger partial charge in [0.1, 0.15) is 0 Å². The highest BCUT2D eigenvalue weighted by atomic mass is 28.4. The highest BCUT2D eigenvalue weighted by molar-refractivity contribution is 6.61. The van der Waals surface area contributed by atoms with Crippen LogP contribution in [0.2, 0.25) is 6.04 Å². The van der Waals surface area contributed by atoms with Crippen LogP contribution in [-0.2, 0) is 37.4 Å². The van der Waals surface area contributed by atoms with Gasteiger partial charge in [-0.05, 0) is 54.4 Å². The van der Waals surface area contributed by atoms with Gasteiger partial charge in [0.25, 0.3) is 0 Å². The quantitative estimate of drug-likeness (QED) is 0.0876. The Balaban J connectivity index is 5.80. The van der Waals surface area contributed by atoms with Gasteiger partial charge in [-0.1, -0.05) is 6.92 Å². The fraction of sp³-hybridized carbons (Fsp3) is 0.571. The van der Waals surface area contributed by atoms with E-state index in [4.69, 9.17) is 23.1 Å². The summed E-state index contributed by atoms with van der Waals surface area (Å²) >= 11 is 0. The van der Waals surface area contributed by atoms with Gasteiger partial charge < -0.3 is 13.3 Å². The van der Waals surface area contributed by atoms with E-state index in [9.17, 15) is 14.4 Å². The maximum Gasteiger partial charge on any atom is 0.698 e. The third-order valence-electron chi connectivity index (χ3n) is 3.25. The van der Waals surface area contributed by atoms with Gasteiger partial charge in [-0.15, -0.1) is 0 Å². The third kappa shape index (κ3) is 13.9. The topological polar surface area (TPSA) is 97.4 Å². The van der Waals surface area contributed by atoms with E-state index in [0.29, 0.717) is 30.3 Å². The van der Waals surface area contributed by atoms with E-state index < -0.39 is 8.80 Å². The fourth-order valence-electron chi connectivity index (χ4n) is 2.45. The molecule has 0 atom stereocenters. The van der Waals surface area contributed by atoms with E-state index in [1.54, 1.807) is 20.8 Å². The van der Waals surface area contributed by atoms with Crippen LogP contribution in [0.5, 0.6) is 0 Å². The maximum absolute atomic E-state index is 11.5. The van der Waals surface area contributed by atoms with Gasteiger partial charge in [-0.3, -0.25) is 14.4 Å². The van der Waals surface area contributed by atoms with E-state index in [1.807, 2.05) is 6.92 Å². The molecule has 0 aromatic carbocycles. The van der Waals surface area contributed by atoms with Crippen molar-refractivity contribution in [3.63, 3.8) is 0 Å². The summed E-state index contributed by atoms with van der Waals surface area (Å²) in [5.41, 5.74) is 0. The van der Waals surface area contributed by atoms with Crippen LogP contribution in [-0.4, -0.2) is 39.4 Å². The number of ketones is 3. The Hall–Kier alpha value is -2.23. The second-order valence-corrected chi connectivity index (χ2v) is 9.31. The third-order valence-corrected chi connectivity index (χ3v) is 6.12. The lowest BCUT2D eigenvalue weighted by Crippen LogP contribution is -2.45. The molecule has 30 heavy (non-hydrogen) atoms. The van der Waals surface area contributed by atoms with E-state index in [-0.39, 0.29) is 30.0 Å². The van der Waals surface area contributed by atoms with Crippen molar-refractivity contribution < 1.29 is 37.4 Å². The smallest absolute Gasteiger partial charge is 0.487 e. The molecule has 0 bridgehead atoms. The van der Waals surface area contributed by atoms with Crippen molar-refractivity contribution in [2.24, 2.45) is 0 Å². The SMILES string of the molecule is CCCOOCCC[Si](O/C(C)=C\C(C)=O)(O/C(C)=C/C(C)=O)O/C(C)=C/C(C)=O. The minimum atomic E-state index is -3.55. The van der Waals surface area contributed by atoms with Crippen molar-refractivity contribution in [2.45, 2.75) is 67.4 Å². The first-order chi connectivity index (χ1) is 14.0. The van der Waals surface area contributed by atoms with Gasteiger partial charge in [0.15, 0.2) is 17.3 Å².